The molecule has 0 aromatic heterocycles. The Balaban J connectivity index is 1.48. The number of halogens is 1. The number of carbonyl (C=O) groups excluding carboxylic acids is 2. The third kappa shape index (κ3) is 6.00. The van der Waals surface area contributed by atoms with Crippen LogP contribution in [0.2, 0.25) is 0 Å². The van der Waals surface area contributed by atoms with E-state index in [2.05, 4.69) is 10.5 Å². The summed E-state index contributed by atoms with van der Waals surface area (Å²) in [5.74, 6) is -0.961. The van der Waals surface area contributed by atoms with E-state index < -0.39 is 17.7 Å². The monoisotopic (exact) mass is 406 g/mol. The van der Waals surface area contributed by atoms with Crippen molar-refractivity contribution in [2.75, 3.05) is 6.61 Å². The minimum Gasteiger partial charge on any atom is -0.484 e. The molecule has 1 N–H and O–H groups in total. The number of hydrazone groups is 1. The highest BCUT2D eigenvalue weighted by molar-refractivity contribution is 5.91. The molecule has 1 amide bonds. The first-order chi connectivity index (χ1) is 14.5. The minimum absolute atomic E-state index is 0.140. The van der Waals surface area contributed by atoms with Gasteiger partial charge in [0, 0.05) is 0 Å². The third-order valence-electron chi connectivity index (χ3n) is 3.95. The Bertz CT molecular complexity index is 1060. The number of ether oxygens (including phenoxy) is 2. The van der Waals surface area contributed by atoms with Crippen molar-refractivity contribution in [1.82, 2.24) is 5.43 Å². The fourth-order valence-electron chi connectivity index (χ4n) is 2.48. The molecular weight excluding hydrogens is 387 g/mol. The fourth-order valence-corrected chi connectivity index (χ4v) is 2.48. The van der Waals surface area contributed by atoms with Gasteiger partial charge in [0.15, 0.2) is 6.61 Å². The number of benzene rings is 3. The van der Waals surface area contributed by atoms with Gasteiger partial charge in [0.25, 0.3) is 5.91 Å². The van der Waals surface area contributed by atoms with E-state index in [9.17, 15) is 14.0 Å². The van der Waals surface area contributed by atoms with Crippen LogP contribution in [0.25, 0.3) is 0 Å². The zero-order chi connectivity index (χ0) is 21.3. The maximum absolute atomic E-state index is 13.6. The highest BCUT2D eigenvalue weighted by atomic mass is 19.1. The summed E-state index contributed by atoms with van der Waals surface area (Å²) >= 11 is 0. The maximum atomic E-state index is 13.6. The smallest absolute Gasteiger partial charge is 0.346 e. The molecule has 0 spiro atoms. The molecule has 3 aromatic carbocycles. The zero-order valence-electron chi connectivity index (χ0n) is 16.2. The van der Waals surface area contributed by atoms with Crippen molar-refractivity contribution in [2.45, 2.75) is 6.92 Å². The molecule has 0 unspecified atom stereocenters. The molecule has 0 bridgehead atoms. The molecule has 7 heteroatoms. The summed E-state index contributed by atoms with van der Waals surface area (Å²) in [4.78, 5) is 23.8. The Kier molecular flexibility index (Phi) is 6.89. The second kappa shape index (κ2) is 9.97. The van der Waals surface area contributed by atoms with Crippen molar-refractivity contribution < 1.29 is 23.5 Å². The van der Waals surface area contributed by atoms with Crippen LogP contribution in [0.1, 0.15) is 21.5 Å². The number of nitrogens with one attached hydrogen (secondary N) is 1. The molecule has 0 radical (unpaired) electrons. The van der Waals surface area contributed by atoms with E-state index in [1.807, 2.05) is 25.1 Å². The molecular formula is C23H19FN2O4. The van der Waals surface area contributed by atoms with Crippen molar-refractivity contribution in [3.05, 3.63) is 95.3 Å². The van der Waals surface area contributed by atoms with E-state index in [0.717, 1.165) is 5.56 Å². The van der Waals surface area contributed by atoms with Crippen molar-refractivity contribution in [3.63, 3.8) is 0 Å². The van der Waals surface area contributed by atoms with Gasteiger partial charge in [-0.2, -0.15) is 5.10 Å². The van der Waals surface area contributed by atoms with E-state index in [4.69, 9.17) is 9.47 Å². The van der Waals surface area contributed by atoms with Crippen LogP contribution in [0.3, 0.4) is 0 Å². The lowest BCUT2D eigenvalue weighted by Gasteiger charge is -2.06. The summed E-state index contributed by atoms with van der Waals surface area (Å²) in [6.45, 7) is 1.77. The van der Waals surface area contributed by atoms with E-state index in [1.54, 1.807) is 36.4 Å². The van der Waals surface area contributed by atoms with Gasteiger partial charge in [0.05, 0.1) is 11.8 Å². The molecule has 0 aliphatic heterocycles. The average molecular weight is 406 g/mol. The van der Waals surface area contributed by atoms with Gasteiger partial charge >= 0.3 is 5.97 Å². The van der Waals surface area contributed by atoms with Crippen molar-refractivity contribution in [2.24, 2.45) is 5.10 Å². The molecule has 0 heterocycles. The fraction of sp³-hybridized carbons (Fsp3) is 0.0870. The van der Waals surface area contributed by atoms with Crippen LogP contribution >= 0.6 is 0 Å². The summed E-state index contributed by atoms with van der Waals surface area (Å²) < 4.78 is 24.2. The van der Waals surface area contributed by atoms with Gasteiger partial charge in [0.1, 0.15) is 17.3 Å². The van der Waals surface area contributed by atoms with Crippen molar-refractivity contribution >= 4 is 18.1 Å². The van der Waals surface area contributed by atoms with E-state index in [1.165, 1.54) is 24.4 Å². The normalized spacial score (nSPS) is 10.6. The lowest BCUT2D eigenvalue weighted by atomic mass is 10.2. The SMILES string of the molecule is Cc1cccc(OCC(=O)N/N=C/c2ccc(OC(=O)c3ccccc3F)cc2)c1. The Morgan fingerprint density at radius 3 is 2.50 bits per heavy atom. The molecule has 0 aliphatic rings. The zero-order valence-corrected chi connectivity index (χ0v) is 16.2. The molecule has 6 nitrogen and oxygen atoms in total. The average Bonchev–Trinajstić information content (AvgIpc) is 2.74. The van der Waals surface area contributed by atoms with Crippen LogP contribution in [0, 0.1) is 12.7 Å². The number of hydrogen-bond donors (Lipinski definition) is 1. The summed E-state index contributed by atoms with van der Waals surface area (Å²) in [7, 11) is 0. The molecule has 0 atom stereocenters. The Labute approximate surface area is 173 Å². The quantitative estimate of drug-likeness (QED) is 0.280. The number of aryl methyl sites for hydroxylation is 1. The van der Waals surface area contributed by atoms with Gasteiger partial charge < -0.3 is 9.47 Å². The highest BCUT2D eigenvalue weighted by Gasteiger charge is 2.13. The molecule has 0 aliphatic carbocycles. The molecule has 3 rings (SSSR count). The van der Waals surface area contributed by atoms with Crippen LogP contribution < -0.4 is 14.9 Å². The standard InChI is InChI=1S/C23H19FN2O4/c1-16-5-4-6-19(13-16)29-15-22(27)26-25-14-17-9-11-18(12-10-17)30-23(28)20-7-2-3-8-21(20)24/h2-14H,15H2,1H3,(H,26,27)/b25-14+. The van der Waals surface area contributed by atoms with Gasteiger partial charge in [0.2, 0.25) is 0 Å². The highest BCUT2D eigenvalue weighted by Crippen LogP contribution is 2.15. The van der Waals surface area contributed by atoms with Gasteiger partial charge in [-0.25, -0.2) is 14.6 Å². The van der Waals surface area contributed by atoms with Crippen LogP contribution in [0.15, 0.2) is 77.9 Å². The van der Waals surface area contributed by atoms with Crippen molar-refractivity contribution in [3.8, 4) is 11.5 Å². The predicted octanol–water partition coefficient (Wildman–Crippen LogP) is 3.88. The minimum atomic E-state index is -0.782. The number of carbonyl (C=O) groups is 2. The Morgan fingerprint density at radius 1 is 1.00 bits per heavy atom. The Morgan fingerprint density at radius 2 is 1.77 bits per heavy atom. The second-order valence-electron chi connectivity index (χ2n) is 6.34. The van der Waals surface area contributed by atoms with Gasteiger partial charge in [-0.3, -0.25) is 4.79 Å². The molecule has 0 fully saturated rings. The van der Waals surface area contributed by atoms with Crippen LogP contribution in [-0.2, 0) is 4.79 Å². The molecule has 0 saturated heterocycles. The first-order valence-electron chi connectivity index (χ1n) is 9.09. The summed E-state index contributed by atoms with van der Waals surface area (Å²) in [6.07, 6.45) is 1.44. The van der Waals surface area contributed by atoms with Gasteiger partial charge in [-0.1, -0.05) is 24.3 Å². The lowest BCUT2D eigenvalue weighted by molar-refractivity contribution is -0.123. The van der Waals surface area contributed by atoms with Gasteiger partial charge in [-0.05, 0) is 66.6 Å². The van der Waals surface area contributed by atoms with E-state index >= 15 is 0 Å². The Hall–Kier alpha value is -4.00. The molecule has 30 heavy (non-hydrogen) atoms. The largest absolute Gasteiger partial charge is 0.484 e. The van der Waals surface area contributed by atoms with Crippen LogP contribution in [0.5, 0.6) is 11.5 Å². The predicted molar refractivity (Wildman–Crippen MR) is 110 cm³/mol. The van der Waals surface area contributed by atoms with Crippen LogP contribution in [0.4, 0.5) is 4.39 Å². The number of amides is 1. The number of rotatable bonds is 7. The van der Waals surface area contributed by atoms with E-state index in [0.29, 0.717) is 11.3 Å². The number of hydrogen-bond acceptors (Lipinski definition) is 5. The number of nitrogens with zero attached hydrogens (tertiary/aromatic N) is 1. The first kappa shape index (κ1) is 20.7. The lowest BCUT2D eigenvalue weighted by Crippen LogP contribution is -2.24. The van der Waals surface area contributed by atoms with Crippen LogP contribution in [-0.4, -0.2) is 24.7 Å². The summed E-state index contributed by atoms with van der Waals surface area (Å²) in [5, 5.41) is 3.86. The third-order valence-corrected chi connectivity index (χ3v) is 3.95. The molecule has 152 valence electrons. The maximum Gasteiger partial charge on any atom is 0.346 e. The van der Waals surface area contributed by atoms with Gasteiger partial charge in [-0.15, -0.1) is 0 Å². The summed E-state index contributed by atoms with van der Waals surface area (Å²) in [5.41, 5.74) is 3.93. The van der Waals surface area contributed by atoms with E-state index in [-0.39, 0.29) is 17.9 Å². The second-order valence-corrected chi connectivity index (χ2v) is 6.34. The first-order valence-corrected chi connectivity index (χ1v) is 9.09. The summed E-state index contributed by atoms with van der Waals surface area (Å²) in [6, 6.07) is 19.3. The molecule has 0 saturated carbocycles. The molecule has 3 aromatic rings. The van der Waals surface area contributed by atoms with Crippen molar-refractivity contribution in [1.29, 1.82) is 0 Å². The number of esters is 1. The topological polar surface area (TPSA) is 77.0 Å².